The van der Waals surface area contributed by atoms with E-state index in [1.54, 1.807) is 0 Å². The molecule has 0 unspecified atom stereocenters. The number of nitrogens with one attached hydrogen (secondary N) is 1. The number of carbonyl (C=O) groups is 3. The molecule has 0 aromatic heterocycles. The third-order valence-electron chi connectivity index (χ3n) is 2.94. The molecule has 1 amide bonds. The molecule has 0 saturated heterocycles. The topological polar surface area (TPSA) is 81.7 Å². The molecule has 2 rings (SSSR count). The maximum atomic E-state index is 13.4. The fraction of sp³-hybridized carbons (Fsp3) is 0.118. The Kier molecular flexibility index (Phi) is 6.16. The van der Waals surface area contributed by atoms with Gasteiger partial charge in [0.25, 0.3) is 5.91 Å². The quantitative estimate of drug-likeness (QED) is 0.613. The van der Waals surface area contributed by atoms with Gasteiger partial charge in [-0.2, -0.15) is 0 Å². The number of esters is 1. The lowest BCUT2D eigenvalue weighted by Gasteiger charge is -2.08. The number of anilines is 1. The summed E-state index contributed by atoms with van der Waals surface area (Å²) in [6, 6.07) is 8.68. The standard InChI is InChI=1S/C17H13F2NO5/c18-12-3-6-15(14(19)7-12)20-16(22)9-25-17(23)10-24-13-4-1-11(8-21)2-5-13/h1-8H,9-10H2,(H,20,22). The average molecular weight is 349 g/mol. The van der Waals surface area contributed by atoms with Crippen LogP contribution in [0.3, 0.4) is 0 Å². The van der Waals surface area contributed by atoms with Gasteiger partial charge < -0.3 is 14.8 Å². The van der Waals surface area contributed by atoms with Crippen molar-refractivity contribution in [3.05, 3.63) is 59.7 Å². The van der Waals surface area contributed by atoms with E-state index in [9.17, 15) is 23.2 Å². The van der Waals surface area contributed by atoms with Crippen LogP contribution in [0.2, 0.25) is 0 Å². The van der Waals surface area contributed by atoms with Gasteiger partial charge in [-0.15, -0.1) is 0 Å². The van der Waals surface area contributed by atoms with E-state index < -0.39 is 36.7 Å². The molecule has 1 N–H and O–H groups in total. The monoisotopic (exact) mass is 349 g/mol. The highest BCUT2D eigenvalue weighted by molar-refractivity contribution is 5.92. The molecular formula is C17H13F2NO5. The average Bonchev–Trinajstić information content (AvgIpc) is 2.61. The molecule has 8 heteroatoms. The normalized spacial score (nSPS) is 10.0. The van der Waals surface area contributed by atoms with Gasteiger partial charge in [0, 0.05) is 11.6 Å². The molecule has 0 aliphatic rings. The number of benzene rings is 2. The Balaban J connectivity index is 1.75. The van der Waals surface area contributed by atoms with Crippen LogP contribution in [0.5, 0.6) is 5.75 Å². The second-order valence-corrected chi connectivity index (χ2v) is 4.81. The van der Waals surface area contributed by atoms with Crippen molar-refractivity contribution >= 4 is 23.9 Å². The zero-order valence-corrected chi connectivity index (χ0v) is 12.8. The van der Waals surface area contributed by atoms with Crippen LogP contribution in [0.1, 0.15) is 10.4 Å². The summed E-state index contributed by atoms with van der Waals surface area (Å²) in [5.41, 5.74) is 0.230. The number of ether oxygens (including phenoxy) is 2. The Morgan fingerprint density at radius 3 is 2.40 bits per heavy atom. The maximum absolute atomic E-state index is 13.4. The van der Waals surface area contributed by atoms with E-state index in [4.69, 9.17) is 4.74 Å². The summed E-state index contributed by atoms with van der Waals surface area (Å²) in [5.74, 6) is -2.97. The van der Waals surface area contributed by atoms with E-state index in [1.807, 2.05) is 0 Å². The fourth-order valence-corrected chi connectivity index (χ4v) is 1.75. The molecule has 6 nitrogen and oxygen atoms in total. The lowest BCUT2D eigenvalue weighted by atomic mass is 10.2. The van der Waals surface area contributed by atoms with Gasteiger partial charge in [-0.3, -0.25) is 9.59 Å². The molecule has 0 fully saturated rings. The molecule has 130 valence electrons. The van der Waals surface area contributed by atoms with E-state index >= 15 is 0 Å². The van der Waals surface area contributed by atoms with Crippen molar-refractivity contribution in [2.45, 2.75) is 0 Å². The minimum Gasteiger partial charge on any atom is -0.482 e. The van der Waals surface area contributed by atoms with Crippen LogP contribution >= 0.6 is 0 Å². The molecule has 0 aliphatic heterocycles. The van der Waals surface area contributed by atoms with E-state index in [0.717, 1.165) is 12.1 Å². The number of amides is 1. The van der Waals surface area contributed by atoms with Crippen LogP contribution in [0.25, 0.3) is 0 Å². The molecule has 0 saturated carbocycles. The van der Waals surface area contributed by atoms with Gasteiger partial charge in [-0.25, -0.2) is 13.6 Å². The van der Waals surface area contributed by atoms with E-state index in [0.29, 0.717) is 23.7 Å². The summed E-state index contributed by atoms with van der Waals surface area (Å²) in [4.78, 5) is 33.6. The molecule has 0 spiro atoms. The van der Waals surface area contributed by atoms with Crippen LogP contribution in [0, 0.1) is 11.6 Å². The first-order valence-corrected chi connectivity index (χ1v) is 7.06. The summed E-state index contributed by atoms with van der Waals surface area (Å²) in [6.07, 6.45) is 0.667. The number of aldehydes is 1. The van der Waals surface area contributed by atoms with Crippen molar-refractivity contribution in [2.75, 3.05) is 18.5 Å². The number of carbonyl (C=O) groups excluding carboxylic acids is 3. The van der Waals surface area contributed by atoms with Gasteiger partial charge >= 0.3 is 5.97 Å². The molecule has 25 heavy (non-hydrogen) atoms. The number of hydrogen-bond donors (Lipinski definition) is 1. The molecule has 0 bridgehead atoms. The van der Waals surface area contributed by atoms with Crippen molar-refractivity contribution in [3.8, 4) is 5.75 Å². The molecule has 0 aliphatic carbocycles. The van der Waals surface area contributed by atoms with Gasteiger partial charge in [-0.05, 0) is 36.4 Å². The van der Waals surface area contributed by atoms with E-state index in [-0.39, 0.29) is 5.69 Å². The third-order valence-corrected chi connectivity index (χ3v) is 2.94. The molecule has 2 aromatic carbocycles. The van der Waals surface area contributed by atoms with Gasteiger partial charge in [0.15, 0.2) is 13.2 Å². The predicted octanol–water partition coefficient (Wildman–Crippen LogP) is 2.34. The van der Waals surface area contributed by atoms with Crippen molar-refractivity contribution in [1.82, 2.24) is 0 Å². The summed E-state index contributed by atoms with van der Waals surface area (Å²) in [6.45, 7) is -1.10. The highest BCUT2D eigenvalue weighted by Crippen LogP contribution is 2.14. The largest absolute Gasteiger partial charge is 0.482 e. The minimum atomic E-state index is -0.943. The van der Waals surface area contributed by atoms with Crippen LogP contribution in [0.4, 0.5) is 14.5 Å². The van der Waals surface area contributed by atoms with Gasteiger partial charge in [0.1, 0.15) is 23.7 Å². The zero-order chi connectivity index (χ0) is 18.2. The first kappa shape index (κ1) is 18.1. The van der Waals surface area contributed by atoms with Gasteiger partial charge in [0.05, 0.1) is 5.69 Å². The third kappa shape index (κ3) is 5.69. The first-order chi connectivity index (χ1) is 12.0. The second-order valence-electron chi connectivity index (χ2n) is 4.81. The van der Waals surface area contributed by atoms with E-state index in [1.165, 1.54) is 24.3 Å². The van der Waals surface area contributed by atoms with Crippen LogP contribution in [-0.4, -0.2) is 31.4 Å². The smallest absolute Gasteiger partial charge is 0.344 e. The summed E-state index contributed by atoms with van der Waals surface area (Å²) in [7, 11) is 0. The molecule has 2 aromatic rings. The molecule has 0 atom stereocenters. The fourth-order valence-electron chi connectivity index (χ4n) is 1.75. The van der Waals surface area contributed by atoms with E-state index in [2.05, 4.69) is 10.1 Å². The Morgan fingerprint density at radius 1 is 1.04 bits per heavy atom. The van der Waals surface area contributed by atoms with Crippen LogP contribution in [0.15, 0.2) is 42.5 Å². The molecule has 0 heterocycles. The Labute approximate surface area is 141 Å². The SMILES string of the molecule is O=Cc1ccc(OCC(=O)OCC(=O)Nc2ccc(F)cc2F)cc1. The molecular weight excluding hydrogens is 336 g/mol. The summed E-state index contributed by atoms with van der Waals surface area (Å²) < 4.78 is 35.9. The predicted molar refractivity (Wildman–Crippen MR) is 83.3 cm³/mol. The number of hydrogen-bond acceptors (Lipinski definition) is 5. The van der Waals surface area contributed by atoms with Crippen LogP contribution < -0.4 is 10.1 Å². The first-order valence-electron chi connectivity index (χ1n) is 7.06. The Bertz CT molecular complexity index is 777. The van der Waals surface area contributed by atoms with Crippen molar-refractivity contribution in [1.29, 1.82) is 0 Å². The van der Waals surface area contributed by atoms with Crippen molar-refractivity contribution < 1.29 is 32.6 Å². The summed E-state index contributed by atoms with van der Waals surface area (Å²) in [5, 5.41) is 2.15. The second kappa shape index (κ2) is 8.53. The zero-order valence-electron chi connectivity index (χ0n) is 12.8. The molecule has 0 radical (unpaired) electrons. The highest BCUT2D eigenvalue weighted by Gasteiger charge is 2.11. The minimum absolute atomic E-state index is 0.228. The highest BCUT2D eigenvalue weighted by atomic mass is 19.1. The van der Waals surface area contributed by atoms with Gasteiger partial charge in [-0.1, -0.05) is 0 Å². The Hall–Kier alpha value is -3.29. The lowest BCUT2D eigenvalue weighted by Crippen LogP contribution is -2.24. The maximum Gasteiger partial charge on any atom is 0.344 e. The lowest BCUT2D eigenvalue weighted by molar-refractivity contribution is -0.149. The Morgan fingerprint density at radius 2 is 1.76 bits per heavy atom. The van der Waals surface area contributed by atoms with Crippen molar-refractivity contribution in [2.24, 2.45) is 0 Å². The van der Waals surface area contributed by atoms with Crippen molar-refractivity contribution in [3.63, 3.8) is 0 Å². The van der Waals surface area contributed by atoms with Gasteiger partial charge in [0.2, 0.25) is 0 Å². The number of halogens is 2. The van der Waals surface area contributed by atoms with Crippen LogP contribution in [-0.2, 0) is 14.3 Å². The summed E-state index contributed by atoms with van der Waals surface area (Å²) >= 11 is 0. The number of rotatable bonds is 7.